The van der Waals surface area contributed by atoms with Crippen molar-refractivity contribution in [3.05, 3.63) is 66.4 Å². The number of anilines is 2. The molecule has 4 rings (SSSR count). The second-order valence-electron chi connectivity index (χ2n) is 7.38. The van der Waals surface area contributed by atoms with Gasteiger partial charge in [-0.05, 0) is 25.3 Å². The number of nitrogens with zero attached hydrogens (tertiary/aromatic N) is 5. The monoisotopic (exact) mass is 377 g/mol. The van der Waals surface area contributed by atoms with Crippen molar-refractivity contribution in [2.75, 3.05) is 23.7 Å². The zero-order valence-corrected chi connectivity index (χ0v) is 16.2. The zero-order chi connectivity index (χ0) is 19.3. The topological polar surface area (TPSA) is 84.9 Å². The van der Waals surface area contributed by atoms with Crippen molar-refractivity contribution in [1.82, 2.24) is 24.8 Å². The van der Waals surface area contributed by atoms with Gasteiger partial charge in [0, 0.05) is 49.8 Å². The van der Waals surface area contributed by atoms with E-state index < -0.39 is 0 Å². The molecule has 2 aromatic heterocycles. The number of hydrogen-bond donors (Lipinski definition) is 2. The summed E-state index contributed by atoms with van der Waals surface area (Å²) < 4.78 is 2.13. The largest absolute Gasteiger partial charge is 0.368 e. The summed E-state index contributed by atoms with van der Waals surface area (Å²) in [5.41, 5.74) is 8.03. The highest BCUT2D eigenvalue weighted by atomic mass is 15.2. The minimum Gasteiger partial charge on any atom is -0.368 e. The third kappa shape index (κ3) is 4.48. The van der Waals surface area contributed by atoms with E-state index in [0.717, 1.165) is 44.0 Å². The van der Waals surface area contributed by atoms with Gasteiger partial charge in [0.1, 0.15) is 5.82 Å². The maximum absolute atomic E-state index is 5.82. The summed E-state index contributed by atoms with van der Waals surface area (Å²) in [5, 5.41) is 3.87. The first kappa shape index (κ1) is 18.4. The number of hydrogen-bond acceptors (Lipinski definition) is 6. The summed E-state index contributed by atoms with van der Waals surface area (Å²) in [6.07, 6.45) is 7.85. The predicted molar refractivity (Wildman–Crippen MR) is 111 cm³/mol. The Morgan fingerprint density at radius 1 is 1.18 bits per heavy atom. The average Bonchev–Trinajstić information content (AvgIpc) is 3.21. The number of nitrogens with one attached hydrogen (secondary N) is 1. The van der Waals surface area contributed by atoms with Crippen LogP contribution in [0.5, 0.6) is 0 Å². The van der Waals surface area contributed by atoms with Gasteiger partial charge in [-0.25, -0.2) is 9.97 Å². The second-order valence-corrected chi connectivity index (χ2v) is 7.38. The van der Waals surface area contributed by atoms with Crippen LogP contribution in [0.3, 0.4) is 0 Å². The SMILES string of the molecule is Cc1cc(N2CCC(N[C@@H](Cn3ccnc3)c3ccccc3)CC2)nc(N)n1. The highest BCUT2D eigenvalue weighted by molar-refractivity contribution is 5.43. The van der Waals surface area contributed by atoms with E-state index in [1.54, 1.807) is 0 Å². The van der Waals surface area contributed by atoms with Gasteiger partial charge in [0.25, 0.3) is 0 Å². The smallest absolute Gasteiger partial charge is 0.222 e. The minimum absolute atomic E-state index is 0.254. The average molecular weight is 377 g/mol. The molecule has 0 spiro atoms. The van der Waals surface area contributed by atoms with Crippen molar-refractivity contribution in [2.24, 2.45) is 0 Å². The molecule has 28 heavy (non-hydrogen) atoms. The van der Waals surface area contributed by atoms with Gasteiger partial charge in [0.2, 0.25) is 5.95 Å². The molecule has 0 radical (unpaired) electrons. The number of benzene rings is 1. The molecule has 1 aromatic carbocycles. The quantitative estimate of drug-likeness (QED) is 0.687. The summed E-state index contributed by atoms with van der Waals surface area (Å²) >= 11 is 0. The van der Waals surface area contributed by atoms with Crippen molar-refractivity contribution in [2.45, 2.75) is 38.4 Å². The lowest BCUT2D eigenvalue weighted by molar-refractivity contribution is 0.346. The molecule has 1 atom stereocenters. The Labute approximate surface area is 165 Å². The van der Waals surface area contributed by atoms with Crippen molar-refractivity contribution in [3.63, 3.8) is 0 Å². The number of piperidine rings is 1. The zero-order valence-electron chi connectivity index (χ0n) is 16.2. The molecule has 3 aromatic rings. The van der Waals surface area contributed by atoms with E-state index in [-0.39, 0.29) is 6.04 Å². The molecule has 0 saturated carbocycles. The normalized spacial score (nSPS) is 16.2. The van der Waals surface area contributed by atoms with Crippen LogP contribution in [-0.2, 0) is 6.54 Å². The highest BCUT2D eigenvalue weighted by Crippen LogP contribution is 2.22. The number of imidazole rings is 1. The lowest BCUT2D eigenvalue weighted by atomic mass is 10.0. The number of aryl methyl sites for hydroxylation is 1. The Balaban J connectivity index is 1.41. The van der Waals surface area contributed by atoms with Crippen LogP contribution in [-0.4, -0.2) is 38.7 Å². The molecule has 7 heteroatoms. The van der Waals surface area contributed by atoms with E-state index in [1.807, 2.05) is 31.7 Å². The van der Waals surface area contributed by atoms with Gasteiger partial charge in [0.15, 0.2) is 0 Å². The van der Waals surface area contributed by atoms with Crippen molar-refractivity contribution < 1.29 is 0 Å². The summed E-state index contributed by atoms with van der Waals surface area (Å²) in [4.78, 5) is 15.1. The molecule has 1 fully saturated rings. The van der Waals surface area contributed by atoms with Gasteiger partial charge in [-0.1, -0.05) is 30.3 Å². The predicted octanol–water partition coefficient (Wildman–Crippen LogP) is 2.56. The van der Waals surface area contributed by atoms with Crippen LogP contribution in [0, 0.1) is 6.92 Å². The molecule has 3 heterocycles. The van der Waals surface area contributed by atoms with Crippen LogP contribution >= 0.6 is 0 Å². The molecule has 1 saturated heterocycles. The Kier molecular flexibility index (Phi) is 5.53. The van der Waals surface area contributed by atoms with Crippen LogP contribution in [0.2, 0.25) is 0 Å². The number of nitrogen functional groups attached to an aromatic ring is 1. The van der Waals surface area contributed by atoms with Crippen molar-refractivity contribution >= 4 is 11.8 Å². The standard InChI is InChI=1S/C21H27N7/c1-16-13-20(26-21(22)24-16)28-10-7-18(8-11-28)25-19(14-27-12-9-23-15-27)17-5-3-2-4-6-17/h2-6,9,12-13,15,18-19,25H,7-8,10-11,14H2,1H3,(H2,22,24,26)/t19-/m0/s1. The van der Waals surface area contributed by atoms with Gasteiger partial charge in [-0.15, -0.1) is 0 Å². The van der Waals surface area contributed by atoms with Crippen LogP contribution < -0.4 is 16.0 Å². The maximum atomic E-state index is 5.82. The third-order valence-corrected chi connectivity index (χ3v) is 5.27. The first-order valence-electron chi connectivity index (χ1n) is 9.80. The minimum atomic E-state index is 0.254. The maximum Gasteiger partial charge on any atom is 0.222 e. The molecular weight excluding hydrogens is 350 g/mol. The van der Waals surface area contributed by atoms with Gasteiger partial charge in [0.05, 0.1) is 12.4 Å². The van der Waals surface area contributed by atoms with Crippen LogP contribution in [0.25, 0.3) is 0 Å². The lowest BCUT2D eigenvalue weighted by Crippen LogP contribution is -2.44. The Morgan fingerprint density at radius 3 is 2.64 bits per heavy atom. The Morgan fingerprint density at radius 2 is 1.96 bits per heavy atom. The fourth-order valence-electron chi connectivity index (χ4n) is 3.84. The van der Waals surface area contributed by atoms with E-state index >= 15 is 0 Å². The first-order chi connectivity index (χ1) is 13.7. The number of rotatable bonds is 6. The van der Waals surface area contributed by atoms with Crippen molar-refractivity contribution in [3.8, 4) is 0 Å². The molecule has 0 bridgehead atoms. The van der Waals surface area contributed by atoms with Crippen LogP contribution in [0.1, 0.15) is 30.1 Å². The summed E-state index contributed by atoms with van der Waals surface area (Å²) in [6.45, 7) is 4.74. The molecule has 1 aliphatic rings. The van der Waals surface area contributed by atoms with Crippen LogP contribution in [0.4, 0.5) is 11.8 Å². The van der Waals surface area contributed by atoms with Gasteiger partial charge in [-0.2, -0.15) is 4.98 Å². The van der Waals surface area contributed by atoms with Gasteiger partial charge < -0.3 is 20.5 Å². The summed E-state index contributed by atoms with van der Waals surface area (Å²) in [6, 6.07) is 13.4. The third-order valence-electron chi connectivity index (χ3n) is 5.27. The van der Waals surface area contributed by atoms with Gasteiger partial charge >= 0.3 is 0 Å². The molecular formula is C21H27N7. The molecule has 0 unspecified atom stereocenters. The van der Waals surface area contributed by atoms with E-state index in [9.17, 15) is 0 Å². The van der Waals surface area contributed by atoms with E-state index in [4.69, 9.17) is 5.73 Å². The fourth-order valence-corrected chi connectivity index (χ4v) is 3.84. The highest BCUT2D eigenvalue weighted by Gasteiger charge is 2.24. The van der Waals surface area contributed by atoms with Gasteiger partial charge in [-0.3, -0.25) is 0 Å². The molecule has 146 valence electrons. The lowest BCUT2D eigenvalue weighted by Gasteiger charge is -2.35. The fraction of sp³-hybridized carbons (Fsp3) is 0.381. The molecule has 7 nitrogen and oxygen atoms in total. The van der Waals surface area contributed by atoms with E-state index in [2.05, 4.69) is 60.1 Å². The van der Waals surface area contributed by atoms with Crippen LogP contribution in [0.15, 0.2) is 55.1 Å². The van der Waals surface area contributed by atoms with E-state index in [0.29, 0.717) is 12.0 Å². The number of nitrogens with two attached hydrogens (primary N) is 1. The molecule has 0 aliphatic carbocycles. The van der Waals surface area contributed by atoms with E-state index in [1.165, 1.54) is 5.56 Å². The molecule has 0 amide bonds. The molecule has 1 aliphatic heterocycles. The summed E-state index contributed by atoms with van der Waals surface area (Å²) in [7, 11) is 0. The first-order valence-corrected chi connectivity index (χ1v) is 9.80. The second kappa shape index (κ2) is 8.39. The molecule has 3 N–H and O–H groups in total. The Hall–Kier alpha value is -2.93. The number of aromatic nitrogens is 4. The summed E-state index contributed by atoms with van der Waals surface area (Å²) in [5.74, 6) is 1.28. The van der Waals surface area contributed by atoms with Crippen molar-refractivity contribution in [1.29, 1.82) is 0 Å². The Bertz CT molecular complexity index is 851.